The van der Waals surface area contributed by atoms with Crippen LogP contribution in [0.2, 0.25) is 0 Å². The Bertz CT molecular complexity index is 672. The van der Waals surface area contributed by atoms with Gasteiger partial charge in [0.15, 0.2) is 5.60 Å². The molecule has 5 aliphatic rings. The van der Waals surface area contributed by atoms with Crippen molar-refractivity contribution in [2.75, 3.05) is 7.11 Å². The van der Waals surface area contributed by atoms with E-state index in [9.17, 15) is 9.46 Å². The van der Waals surface area contributed by atoms with E-state index in [1.54, 1.807) is 25.3 Å². The lowest BCUT2D eigenvalue weighted by Crippen LogP contribution is -2.76. The van der Waals surface area contributed by atoms with Crippen LogP contribution in [0.5, 0.6) is 0 Å². The van der Waals surface area contributed by atoms with Crippen LogP contribution in [0.15, 0.2) is 24.3 Å². The Balaban J connectivity index is 1.61. The molecule has 4 saturated carbocycles. The Kier molecular flexibility index (Phi) is 3.27. The van der Waals surface area contributed by atoms with Crippen LogP contribution in [-0.2, 0) is 24.9 Å². The maximum atomic E-state index is 11.5. The van der Waals surface area contributed by atoms with Crippen LogP contribution in [0.3, 0.4) is 0 Å². The first-order valence-corrected chi connectivity index (χ1v) is 9.99. The standard InChI is InChI=1S/C18H21O5P/c1-21-18(13-3-2-4-16(10-13)24(19)20)17(22-23-18)14-6-11-5-12(8-14)9-15(17)7-11/h2-4,10-12,14-15H,5-9H2,1H3/p+1. The molecule has 6 rings (SSSR count). The van der Waals surface area contributed by atoms with Gasteiger partial charge in [-0.05, 0) is 66.4 Å². The second-order valence-corrected chi connectivity index (χ2v) is 8.97. The molecular weight excluding hydrogens is 327 g/mol. The van der Waals surface area contributed by atoms with E-state index in [1.807, 2.05) is 6.07 Å². The van der Waals surface area contributed by atoms with E-state index < -0.39 is 19.4 Å². The molecule has 1 aromatic rings. The molecule has 1 aliphatic heterocycles. The summed E-state index contributed by atoms with van der Waals surface area (Å²) >= 11 is 0. The van der Waals surface area contributed by atoms with Crippen molar-refractivity contribution in [3.63, 3.8) is 0 Å². The fraction of sp³-hybridized carbons (Fsp3) is 0.667. The van der Waals surface area contributed by atoms with Crippen LogP contribution in [0, 0.1) is 23.7 Å². The molecule has 128 valence electrons. The molecule has 2 unspecified atom stereocenters. The van der Waals surface area contributed by atoms with E-state index in [2.05, 4.69) is 0 Å². The first-order chi connectivity index (χ1) is 11.6. The summed E-state index contributed by atoms with van der Waals surface area (Å²) in [6.45, 7) is 0. The van der Waals surface area contributed by atoms with Gasteiger partial charge in [0.05, 0.1) is 0 Å². The van der Waals surface area contributed by atoms with Crippen molar-refractivity contribution >= 4 is 13.3 Å². The number of hydrogen-bond acceptors (Lipinski definition) is 4. The van der Waals surface area contributed by atoms with Gasteiger partial charge >= 0.3 is 8.03 Å². The molecule has 5 nitrogen and oxygen atoms in total. The molecule has 5 fully saturated rings. The molecule has 6 heteroatoms. The maximum Gasteiger partial charge on any atom is 0.546 e. The van der Waals surface area contributed by atoms with E-state index in [4.69, 9.17) is 14.5 Å². The molecule has 1 saturated heterocycles. The second-order valence-electron chi connectivity index (χ2n) is 7.91. The zero-order valence-electron chi connectivity index (χ0n) is 13.7. The quantitative estimate of drug-likeness (QED) is 0.671. The third kappa shape index (κ3) is 1.75. The van der Waals surface area contributed by atoms with Gasteiger partial charge in [-0.3, -0.25) is 0 Å². The predicted molar refractivity (Wildman–Crippen MR) is 86.5 cm³/mol. The maximum absolute atomic E-state index is 11.5. The lowest BCUT2D eigenvalue weighted by Gasteiger charge is -2.68. The van der Waals surface area contributed by atoms with Crippen LogP contribution in [0.25, 0.3) is 0 Å². The summed E-state index contributed by atoms with van der Waals surface area (Å²) in [5.74, 6) is 1.55. The van der Waals surface area contributed by atoms with E-state index in [0.717, 1.165) is 17.4 Å². The smallest absolute Gasteiger partial charge is 0.345 e. The third-order valence-electron chi connectivity index (χ3n) is 6.90. The van der Waals surface area contributed by atoms with E-state index >= 15 is 0 Å². The van der Waals surface area contributed by atoms with Crippen LogP contribution >= 0.6 is 8.03 Å². The first-order valence-electron chi connectivity index (χ1n) is 8.77. The summed E-state index contributed by atoms with van der Waals surface area (Å²) in [6.07, 6.45) is 6.07. The summed E-state index contributed by atoms with van der Waals surface area (Å²) in [5.41, 5.74) is 0.341. The minimum absolute atomic E-state index is 0.397. The van der Waals surface area contributed by atoms with Crippen molar-refractivity contribution in [3.05, 3.63) is 29.8 Å². The van der Waals surface area contributed by atoms with Gasteiger partial charge in [0.25, 0.3) is 5.79 Å². The second kappa shape index (κ2) is 5.09. The molecule has 1 N–H and O–H groups in total. The van der Waals surface area contributed by atoms with Gasteiger partial charge in [0.2, 0.25) is 5.30 Å². The van der Waals surface area contributed by atoms with Crippen molar-refractivity contribution < 1.29 is 24.0 Å². The minimum Gasteiger partial charge on any atom is -0.345 e. The van der Waals surface area contributed by atoms with Crippen molar-refractivity contribution in [1.82, 2.24) is 0 Å². The molecule has 0 aromatic heterocycles. The SMILES string of the molecule is COC1(c2cccc([P+](=O)O)c2)OOC12C1CC3CC(C1)CC2C3. The lowest BCUT2D eigenvalue weighted by molar-refractivity contribution is -0.645. The van der Waals surface area contributed by atoms with E-state index in [1.165, 1.54) is 32.1 Å². The monoisotopic (exact) mass is 349 g/mol. The van der Waals surface area contributed by atoms with Crippen LogP contribution in [0.4, 0.5) is 0 Å². The Morgan fingerprint density at radius 2 is 1.79 bits per heavy atom. The highest BCUT2D eigenvalue weighted by molar-refractivity contribution is 7.47. The van der Waals surface area contributed by atoms with Crippen LogP contribution in [-0.4, -0.2) is 17.6 Å². The van der Waals surface area contributed by atoms with Gasteiger partial charge in [-0.25, -0.2) is 4.89 Å². The van der Waals surface area contributed by atoms with Gasteiger partial charge in [-0.2, -0.15) is 9.78 Å². The third-order valence-corrected chi connectivity index (χ3v) is 7.62. The van der Waals surface area contributed by atoms with Gasteiger partial charge in [0.1, 0.15) is 0 Å². The highest BCUT2D eigenvalue weighted by Gasteiger charge is 2.76. The average Bonchev–Trinajstić information content (AvgIpc) is 2.54. The van der Waals surface area contributed by atoms with Crippen molar-refractivity contribution in [2.45, 2.75) is 43.5 Å². The van der Waals surface area contributed by atoms with Crippen molar-refractivity contribution in [1.29, 1.82) is 0 Å². The largest absolute Gasteiger partial charge is 0.546 e. The van der Waals surface area contributed by atoms with Gasteiger partial charge < -0.3 is 4.74 Å². The zero-order valence-corrected chi connectivity index (χ0v) is 14.6. The highest BCUT2D eigenvalue weighted by atomic mass is 31.1. The fourth-order valence-electron chi connectivity index (χ4n) is 6.19. The zero-order chi connectivity index (χ0) is 16.5. The van der Waals surface area contributed by atoms with Crippen molar-refractivity contribution in [3.8, 4) is 0 Å². The summed E-state index contributed by atoms with van der Waals surface area (Å²) in [7, 11) is -0.734. The summed E-state index contributed by atoms with van der Waals surface area (Å²) < 4.78 is 17.5. The van der Waals surface area contributed by atoms with Gasteiger partial charge in [0, 0.05) is 18.7 Å². The van der Waals surface area contributed by atoms with E-state index in [-0.39, 0.29) is 0 Å². The predicted octanol–water partition coefficient (Wildman–Crippen LogP) is 3.00. The molecule has 1 heterocycles. The fourth-order valence-corrected chi connectivity index (χ4v) is 6.65. The summed E-state index contributed by atoms with van der Waals surface area (Å²) in [6, 6.07) is 7.10. The molecule has 4 bridgehead atoms. The topological polar surface area (TPSA) is 65.0 Å². The minimum atomic E-state index is -2.39. The van der Waals surface area contributed by atoms with Gasteiger partial charge in [-0.1, -0.05) is 12.1 Å². The molecule has 1 aromatic carbocycles. The van der Waals surface area contributed by atoms with Gasteiger partial charge in [-0.15, -0.1) is 0 Å². The van der Waals surface area contributed by atoms with Crippen molar-refractivity contribution in [2.24, 2.45) is 23.7 Å². The molecular formula is C18H22O5P+. The number of rotatable bonds is 3. The Labute approximate surface area is 142 Å². The Morgan fingerprint density at radius 3 is 2.29 bits per heavy atom. The Morgan fingerprint density at radius 1 is 1.12 bits per heavy atom. The number of methoxy groups -OCH3 is 1. The molecule has 1 spiro atoms. The van der Waals surface area contributed by atoms with Crippen LogP contribution in [0.1, 0.15) is 37.7 Å². The number of hydrogen-bond donors (Lipinski definition) is 1. The molecule has 4 aliphatic carbocycles. The highest BCUT2D eigenvalue weighted by Crippen LogP contribution is 2.69. The number of ether oxygens (including phenoxy) is 1. The first kappa shape index (κ1) is 15.4. The van der Waals surface area contributed by atoms with E-state index in [0.29, 0.717) is 17.1 Å². The normalized spacial score (nSPS) is 46.2. The molecule has 0 amide bonds. The average molecular weight is 349 g/mol. The summed E-state index contributed by atoms with van der Waals surface area (Å²) in [5, 5.41) is 0.397. The molecule has 2 atom stereocenters. The molecule has 0 radical (unpaired) electrons. The number of benzene rings is 1. The Hall–Kier alpha value is -0.840. The summed E-state index contributed by atoms with van der Waals surface area (Å²) in [4.78, 5) is 21.0. The molecule has 24 heavy (non-hydrogen) atoms. The van der Waals surface area contributed by atoms with Crippen LogP contribution < -0.4 is 5.30 Å². The lowest BCUT2D eigenvalue weighted by atomic mass is 9.47.